The van der Waals surface area contributed by atoms with Gasteiger partial charge in [-0.1, -0.05) is 0 Å². The molecule has 0 aromatic carbocycles. The first-order chi connectivity index (χ1) is 2.56. The minimum atomic E-state index is -4.08. The summed E-state index contributed by atoms with van der Waals surface area (Å²) in [6.07, 6.45) is 0. The normalized spacial score (nSPS) is 10.6. The van der Waals surface area contributed by atoms with E-state index in [1.54, 1.807) is 0 Å². The molecule has 7 heteroatoms. The minimum Gasteiger partial charge on any atom is -0.344 e. The standard InChI is InChI=1S/H3N.H5O4PSi/c;1-5(2,3)4-6/h1H3;6H3,(H2,1,2,3). The minimum absolute atomic E-state index is 0. The van der Waals surface area contributed by atoms with Gasteiger partial charge in [-0.2, -0.15) is 0 Å². The second-order valence-corrected chi connectivity index (χ2v) is 3.11. The Morgan fingerprint density at radius 1 is 1.57 bits per heavy atom. The first-order valence-electron chi connectivity index (χ1n) is 1.17. The van der Waals surface area contributed by atoms with Crippen LogP contribution in [0.15, 0.2) is 0 Å². The Balaban J connectivity index is 0. The fraction of sp³-hybridized carbons (Fsp3) is 0. The Hall–Kier alpha value is 0.287. The van der Waals surface area contributed by atoms with Gasteiger partial charge in [0.1, 0.15) is 0 Å². The molecule has 0 atom stereocenters. The Kier molecular flexibility index (Phi) is 4.87. The topological polar surface area (TPSA) is 102 Å². The van der Waals surface area contributed by atoms with Crippen molar-refractivity contribution in [2.75, 3.05) is 0 Å². The molecule has 0 saturated carbocycles. The molecule has 0 aromatic rings. The van der Waals surface area contributed by atoms with Gasteiger partial charge in [-0.25, -0.2) is 4.57 Å². The molecule has 0 heterocycles. The summed E-state index contributed by atoms with van der Waals surface area (Å²) < 4.78 is 13.2. The maximum absolute atomic E-state index is 9.51. The first-order valence-corrected chi connectivity index (χ1v) is 3.52. The molecule has 0 aliphatic carbocycles. The van der Waals surface area contributed by atoms with Gasteiger partial charge < -0.3 is 20.2 Å². The van der Waals surface area contributed by atoms with Crippen molar-refractivity contribution in [2.24, 2.45) is 0 Å². The Morgan fingerprint density at radius 3 is 1.71 bits per heavy atom. The van der Waals surface area contributed by atoms with Crippen LogP contribution in [-0.2, 0) is 8.78 Å². The van der Waals surface area contributed by atoms with Crippen molar-refractivity contribution >= 4 is 18.3 Å². The molecule has 5 N–H and O–H groups in total. The van der Waals surface area contributed by atoms with Gasteiger partial charge in [0.25, 0.3) is 0 Å². The van der Waals surface area contributed by atoms with E-state index in [0.29, 0.717) is 0 Å². The van der Waals surface area contributed by atoms with E-state index < -0.39 is 7.82 Å². The molecule has 0 bridgehead atoms. The van der Waals surface area contributed by atoms with Crippen LogP contribution in [0.4, 0.5) is 0 Å². The fourth-order valence-electron chi connectivity index (χ4n) is 0. The van der Waals surface area contributed by atoms with E-state index in [1.807, 2.05) is 0 Å². The Bertz CT molecular complexity index is 75.8. The van der Waals surface area contributed by atoms with E-state index in [-0.39, 0.29) is 16.6 Å². The summed E-state index contributed by atoms with van der Waals surface area (Å²) in [6, 6.07) is 0. The molecule has 0 amide bonds. The largest absolute Gasteiger partial charge is 0.458 e. The van der Waals surface area contributed by atoms with E-state index in [2.05, 4.69) is 4.21 Å². The molecule has 7 heavy (non-hydrogen) atoms. The summed E-state index contributed by atoms with van der Waals surface area (Å²) in [6.45, 7) is 0. The molecule has 46 valence electrons. The molecule has 0 aliphatic rings. The molecule has 0 aromatic heterocycles. The van der Waals surface area contributed by atoms with E-state index >= 15 is 0 Å². The monoisotopic (exact) mass is 145 g/mol. The first kappa shape index (κ1) is 10.3. The van der Waals surface area contributed by atoms with Crippen molar-refractivity contribution in [3.05, 3.63) is 0 Å². The van der Waals surface area contributed by atoms with Crippen LogP contribution in [0.25, 0.3) is 0 Å². The maximum atomic E-state index is 9.51. The van der Waals surface area contributed by atoms with Crippen LogP contribution in [0.5, 0.6) is 0 Å². The lowest BCUT2D eigenvalue weighted by Gasteiger charge is -1.94. The van der Waals surface area contributed by atoms with E-state index in [1.165, 1.54) is 0 Å². The van der Waals surface area contributed by atoms with Crippen LogP contribution >= 0.6 is 7.82 Å². The van der Waals surface area contributed by atoms with Gasteiger partial charge in [0.05, 0.1) is 0 Å². The highest BCUT2D eigenvalue weighted by atomic mass is 31.2. The summed E-state index contributed by atoms with van der Waals surface area (Å²) >= 11 is 0. The molecule has 0 rings (SSSR count). The highest BCUT2D eigenvalue weighted by Crippen LogP contribution is 2.33. The van der Waals surface area contributed by atoms with E-state index in [0.717, 1.165) is 0 Å². The van der Waals surface area contributed by atoms with E-state index in [9.17, 15) is 4.57 Å². The summed E-state index contributed by atoms with van der Waals surface area (Å²) in [5, 5.41) is 0. The van der Waals surface area contributed by atoms with Gasteiger partial charge in [0.2, 0.25) is 0 Å². The summed E-state index contributed by atoms with van der Waals surface area (Å²) in [4.78, 5) is 15.5. The van der Waals surface area contributed by atoms with Crippen LogP contribution in [0.2, 0.25) is 0 Å². The average Bonchev–Trinajstić information content (AvgIpc) is 1.35. The SMILES string of the molecule is N.O=P(O)(O)O[SiH3]. The predicted octanol–water partition coefficient (Wildman–Crippen LogP) is -1.46. The highest BCUT2D eigenvalue weighted by Gasteiger charge is 2.06. The third-order valence-electron chi connectivity index (χ3n) is 0.238. The summed E-state index contributed by atoms with van der Waals surface area (Å²) in [5.74, 6) is 0. The Labute approximate surface area is 44.1 Å². The zero-order chi connectivity index (χ0) is 5.21. The second kappa shape index (κ2) is 3.31. The lowest BCUT2D eigenvalue weighted by molar-refractivity contribution is 0.292. The predicted molar refractivity (Wildman–Crippen MR) is 28.1 cm³/mol. The summed E-state index contributed by atoms with van der Waals surface area (Å²) in [7, 11) is -4.00. The van der Waals surface area contributed by atoms with Gasteiger partial charge >= 0.3 is 7.82 Å². The molecular formula is H8NO4PSi. The zero-order valence-corrected chi connectivity index (χ0v) is 6.76. The highest BCUT2D eigenvalue weighted by molar-refractivity contribution is 7.47. The number of hydrogen-bond acceptors (Lipinski definition) is 3. The average molecular weight is 145 g/mol. The molecule has 0 fully saturated rings. The van der Waals surface area contributed by atoms with Gasteiger partial charge in [0, 0.05) is 0 Å². The Morgan fingerprint density at radius 2 is 1.71 bits per heavy atom. The van der Waals surface area contributed by atoms with Gasteiger partial charge in [-0.15, -0.1) is 0 Å². The van der Waals surface area contributed by atoms with Gasteiger partial charge in [-0.05, 0) is 0 Å². The van der Waals surface area contributed by atoms with Crippen molar-refractivity contribution in [3.8, 4) is 0 Å². The number of phosphoric acid groups is 1. The van der Waals surface area contributed by atoms with Gasteiger partial charge in [0.15, 0.2) is 10.5 Å². The lowest BCUT2D eigenvalue weighted by atomic mass is 14.0. The zero-order valence-electron chi connectivity index (χ0n) is 3.87. The molecule has 0 radical (unpaired) electrons. The van der Waals surface area contributed by atoms with Crippen molar-refractivity contribution in [3.63, 3.8) is 0 Å². The van der Waals surface area contributed by atoms with Crippen LogP contribution in [0.1, 0.15) is 0 Å². The number of hydrogen-bond donors (Lipinski definition) is 3. The van der Waals surface area contributed by atoms with Crippen molar-refractivity contribution in [1.29, 1.82) is 0 Å². The van der Waals surface area contributed by atoms with E-state index in [4.69, 9.17) is 9.79 Å². The third kappa shape index (κ3) is 10.7. The van der Waals surface area contributed by atoms with Crippen LogP contribution in [0.3, 0.4) is 0 Å². The molecule has 0 unspecified atom stereocenters. The smallest absolute Gasteiger partial charge is 0.344 e. The van der Waals surface area contributed by atoms with Gasteiger partial charge in [-0.3, -0.25) is 0 Å². The molecule has 5 nitrogen and oxygen atoms in total. The van der Waals surface area contributed by atoms with Crippen molar-refractivity contribution < 1.29 is 18.6 Å². The quantitative estimate of drug-likeness (QED) is 0.309. The lowest BCUT2D eigenvalue weighted by Crippen LogP contribution is -1.78. The molecule has 0 spiro atoms. The molecule has 0 aliphatic heterocycles. The van der Waals surface area contributed by atoms with Crippen LogP contribution in [0, 0.1) is 0 Å². The number of rotatable bonds is 1. The maximum Gasteiger partial charge on any atom is 0.458 e. The third-order valence-corrected chi connectivity index (χ3v) is 2.14. The van der Waals surface area contributed by atoms with Crippen LogP contribution in [-0.4, -0.2) is 20.3 Å². The summed E-state index contributed by atoms with van der Waals surface area (Å²) in [5.41, 5.74) is 0. The molecule has 0 saturated heterocycles. The second-order valence-electron chi connectivity index (χ2n) is 0.673. The fourth-order valence-corrected chi connectivity index (χ4v) is 0. The van der Waals surface area contributed by atoms with Crippen LogP contribution < -0.4 is 6.15 Å². The molecular weight excluding hydrogens is 137 g/mol. The van der Waals surface area contributed by atoms with Crippen molar-refractivity contribution in [1.82, 2.24) is 6.15 Å². The van der Waals surface area contributed by atoms with Crippen molar-refractivity contribution in [2.45, 2.75) is 0 Å².